The molecule has 1 amide bonds. The van der Waals surface area contributed by atoms with E-state index >= 15 is 0 Å². The normalized spacial score (nSPS) is 11.5. The van der Waals surface area contributed by atoms with Crippen molar-refractivity contribution in [1.82, 2.24) is 5.43 Å². The first kappa shape index (κ1) is 16.8. The lowest BCUT2D eigenvalue weighted by Crippen LogP contribution is -2.30. The van der Waals surface area contributed by atoms with Gasteiger partial charge in [0.15, 0.2) is 5.84 Å². The first-order valence-electron chi connectivity index (χ1n) is 6.33. The zero-order chi connectivity index (χ0) is 16.5. The highest BCUT2D eigenvalue weighted by molar-refractivity contribution is 6.47. The SMILES string of the molecule is CC(=O)CC(=O)NN=C(N)C(C#N)=NN(C)c1ccccc1. The molecule has 0 radical (unpaired) electrons. The highest BCUT2D eigenvalue weighted by Gasteiger charge is 2.09. The summed E-state index contributed by atoms with van der Waals surface area (Å²) in [5.41, 5.74) is 8.29. The largest absolute Gasteiger partial charge is 0.380 e. The Morgan fingerprint density at radius 3 is 2.55 bits per heavy atom. The number of carbonyl (C=O) groups excluding carboxylic acids is 2. The summed E-state index contributed by atoms with van der Waals surface area (Å²) in [6.45, 7) is 1.28. The van der Waals surface area contributed by atoms with Crippen LogP contribution in [0.3, 0.4) is 0 Å². The van der Waals surface area contributed by atoms with Crippen LogP contribution in [-0.4, -0.2) is 30.3 Å². The summed E-state index contributed by atoms with van der Waals surface area (Å²) in [6, 6.07) is 10.9. The zero-order valence-electron chi connectivity index (χ0n) is 12.3. The summed E-state index contributed by atoms with van der Waals surface area (Å²) in [4.78, 5) is 22.1. The fourth-order valence-corrected chi connectivity index (χ4v) is 1.42. The molecule has 8 heteroatoms. The number of Topliss-reactive ketones (excluding diaryl/α,β-unsaturated/α-hetero) is 1. The van der Waals surface area contributed by atoms with Crippen LogP contribution in [0.1, 0.15) is 13.3 Å². The van der Waals surface area contributed by atoms with E-state index in [-0.39, 0.29) is 23.8 Å². The van der Waals surface area contributed by atoms with Crippen LogP contribution in [0, 0.1) is 11.3 Å². The molecule has 1 aromatic carbocycles. The van der Waals surface area contributed by atoms with E-state index in [1.807, 2.05) is 18.2 Å². The highest BCUT2D eigenvalue weighted by Crippen LogP contribution is 2.11. The fourth-order valence-electron chi connectivity index (χ4n) is 1.42. The lowest BCUT2D eigenvalue weighted by Gasteiger charge is -2.13. The summed E-state index contributed by atoms with van der Waals surface area (Å²) < 4.78 is 0. The maximum atomic E-state index is 11.3. The second kappa shape index (κ2) is 8.16. The smallest absolute Gasteiger partial charge is 0.247 e. The molecule has 0 aliphatic rings. The number of benzene rings is 1. The van der Waals surface area contributed by atoms with Crippen molar-refractivity contribution < 1.29 is 9.59 Å². The van der Waals surface area contributed by atoms with Crippen LogP contribution in [0.2, 0.25) is 0 Å². The number of hydrogen-bond acceptors (Lipinski definition) is 6. The Bertz CT molecular complexity index is 645. The number of anilines is 1. The number of para-hydroxylation sites is 1. The average molecular weight is 300 g/mol. The maximum Gasteiger partial charge on any atom is 0.247 e. The van der Waals surface area contributed by atoms with Gasteiger partial charge in [0.2, 0.25) is 11.6 Å². The summed E-state index contributed by atoms with van der Waals surface area (Å²) in [5, 5.41) is 18.1. The predicted molar refractivity (Wildman–Crippen MR) is 83.0 cm³/mol. The number of nitriles is 1. The molecule has 0 atom stereocenters. The van der Waals surface area contributed by atoms with Crippen molar-refractivity contribution in [2.45, 2.75) is 13.3 Å². The first-order valence-corrected chi connectivity index (χ1v) is 6.33. The molecule has 0 aliphatic heterocycles. The second-order valence-corrected chi connectivity index (χ2v) is 4.33. The molecule has 0 heterocycles. The zero-order valence-corrected chi connectivity index (χ0v) is 12.3. The van der Waals surface area contributed by atoms with Gasteiger partial charge in [-0.3, -0.25) is 14.6 Å². The molecule has 1 rings (SSSR count). The van der Waals surface area contributed by atoms with Crippen molar-refractivity contribution in [3.8, 4) is 6.07 Å². The van der Waals surface area contributed by atoms with Crippen molar-refractivity contribution in [3.05, 3.63) is 30.3 Å². The number of rotatable bonds is 6. The van der Waals surface area contributed by atoms with Gasteiger partial charge in [-0.2, -0.15) is 15.5 Å². The van der Waals surface area contributed by atoms with Gasteiger partial charge in [-0.15, -0.1) is 0 Å². The number of carbonyl (C=O) groups is 2. The quantitative estimate of drug-likeness (QED) is 0.340. The van der Waals surface area contributed by atoms with Crippen molar-refractivity contribution in [2.75, 3.05) is 12.1 Å². The van der Waals surface area contributed by atoms with Crippen LogP contribution >= 0.6 is 0 Å². The summed E-state index contributed by atoms with van der Waals surface area (Å²) in [6.07, 6.45) is -0.306. The van der Waals surface area contributed by atoms with E-state index in [2.05, 4.69) is 15.6 Å². The number of nitrogens with zero attached hydrogens (tertiary/aromatic N) is 4. The molecule has 0 aliphatic carbocycles. The van der Waals surface area contributed by atoms with Crippen molar-refractivity contribution in [1.29, 1.82) is 5.26 Å². The Hall–Kier alpha value is -3.21. The lowest BCUT2D eigenvalue weighted by molar-refractivity contribution is -0.127. The third-order valence-electron chi connectivity index (χ3n) is 2.44. The Balaban J connectivity index is 2.82. The summed E-state index contributed by atoms with van der Waals surface area (Å²) in [7, 11) is 1.65. The molecule has 0 unspecified atom stereocenters. The summed E-state index contributed by atoms with van der Waals surface area (Å²) >= 11 is 0. The van der Waals surface area contributed by atoms with Crippen LogP contribution < -0.4 is 16.2 Å². The van der Waals surface area contributed by atoms with Gasteiger partial charge in [0.25, 0.3) is 0 Å². The molecule has 0 spiro atoms. The Labute approximate surface area is 127 Å². The van der Waals surface area contributed by atoms with Gasteiger partial charge in [0, 0.05) is 7.05 Å². The van der Waals surface area contributed by atoms with Crippen LogP contribution in [0.5, 0.6) is 0 Å². The third-order valence-corrected chi connectivity index (χ3v) is 2.44. The molecule has 0 aromatic heterocycles. The second-order valence-electron chi connectivity index (χ2n) is 4.33. The number of hydrogen-bond donors (Lipinski definition) is 2. The molecule has 1 aromatic rings. The highest BCUT2D eigenvalue weighted by atomic mass is 16.2. The third kappa shape index (κ3) is 5.42. The topological polar surface area (TPSA) is 124 Å². The number of hydrazone groups is 2. The number of nitrogens with one attached hydrogen (secondary N) is 1. The van der Waals surface area contributed by atoms with Gasteiger partial charge in [0.05, 0.1) is 12.1 Å². The van der Waals surface area contributed by atoms with E-state index in [0.29, 0.717) is 0 Å². The number of ketones is 1. The molecule has 3 N–H and O–H groups in total. The predicted octanol–water partition coefficient (Wildman–Crippen LogP) is 0.370. The molecule has 114 valence electrons. The maximum absolute atomic E-state index is 11.3. The monoisotopic (exact) mass is 300 g/mol. The molecule has 0 saturated heterocycles. The van der Waals surface area contributed by atoms with Gasteiger partial charge in [-0.05, 0) is 19.1 Å². The number of amides is 1. The van der Waals surface area contributed by atoms with E-state index in [1.165, 1.54) is 11.9 Å². The summed E-state index contributed by atoms with van der Waals surface area (Å²) in [5.74, 6) is -1.16. The van der Waals surface area contributed by atoms with Gasteiger partial charge >= 0.3 is 0 Å². The number of nitrogens with two attached hydrogens (primary N) is 1. The van der Waals surface area contributed by atoms with Crippen molar-refractivity contribution in [3.63, 3.8) is 0 Å². The molecular weight excluding hydrogens is 284 g/mol. The van der Waals surface area contributed by atoms with Crippen LogP contribution in [-0.2, 0) is 9.59 Å². The van der Waals surface area contributed by atoms with E-state index in [4.69, 9.17) is 11.0 Å². The van der Waals surface area contributed by atoms with E-state index in [0.717, 1.165) is 5.69 Å². The van der Waals surface area contributed by atoms with Gasteiger partial charge in [-0.25, -0.2) is 5.43 Å². The van der Waals surface area contributed by atoms with E-state index in [9.17, 15) is 9.59 Å². The van der Waals surface area contributed by atoms with Gasteiger partial charge < -0.3 is 5.73 Å². The van der Waals surface area contributed by atoms with Gasteiger partial charge in [-0.1, -0.05) is 18.2 Å². The lowest BCUT2D eigenvalue weighted by atomic mass is 10.3. The Kier molecular flexibility index (Phi) is 6.25. The van der Waals surface area contributed by atoms with Crippen molar-refractivity contribution in [2.24, 2.45) is 15.9 Å². The minimum absolute atomic E-state index is 0.158. The Morgan fingerprint density at radius 1 is 1.36 bits per heavy atom. The average Bonchev–Trinajstić information content (AvgIpc) is 2.50. The minimum Gasteiger partial charge on any atom is -0.380 e. The molecule has 0 fully saturated rings. The fraction of sp³-hybridized carbons (Fsp3) is 0.214. The van der Waals surface area contributed by atoms with E-state index in [1.54, 1.807) is 25.2 Å². The molecule has 0 bridgehead atoms. The number of amidine groups is 1. The van der Waals surface area contributed by atoms with Crippen molar-refractivity contribution >= 4 is 28.9 Å². The van der Waals surface area contributed by atoms with Crippen LogP contribution in [0.15, 0.2) is 40.5 Å². The Morgan fingerprint density at radius 2 is 2.00 bits per heavy atom. The molecule has 0 saturated carbocycles. The standard InChI is InChI=1S/C14H16N6O2/c1-10(21)8-13(22)17-18-14(16)12(9-15)19-20(2)11-6-4-3-5-7-11/h3-7H,8H2,1-2H3,(H2,16,18)(H,17,22). The van der Waals surface area contributed by atoms with E-state index < -0.39 is 5.91 Å². The van der Waals surface area contributed by atoms with Gasteiger partial charge in [0.1, 0.15) is 11.9 Å². The molecular formula is C14H16N6O2. The van der Waals surface area contributed by atoms with Crippen LogP contribution in [0.4, 0.5) is 5.69 Å². The van der Waals surface area contributed by atoms with Crippen LogP contribution in [0.25, 0.3) is 0 Å². The minimum atomic E-state index is -0.607. The molecule has 8 nitrogen and oxygen atoms in total. The molecule has 22 heavy (non-hydrogen) atoms. The first-order chi connectivity index (χ1) is 10.4.